The molecule has 0 saturated heterocycles. The van der Waals surface area contributed by atoms with Gasteiger partial charge in [0.1, 0.15) is 5.69 Å². The maximum Gasteiger partial charge on any atom is 0.277 e. The van der Waals surface area contributed by atoms with E-state index < -0.39 is 5.91 Å². The molecule has 1 amide bonds. The number of pyridine rings is 2. The molecule has 5 rings (SSSR count). The smallest absolute Gasteiger partial charge is 0.277 e. The van der Waals surface area contributed by atoms with E-state index in [-0.39, 0.29) is 11.6 Å². The van der Waals surface area contributed by atoms with E-state index >= 15 is 0 Å². The third-order valence-electron chi connectivity index (χ3n) is 4.01. The van der Waals surface area contributed by atoms with Crippen molar-refractivity contribution in [2.45, 2.75) is 0 Å². The number of carbonyl (C=O) groups excluding carboxylic acids is 1. The first-order valence-electron chi connectivity index (χ1n) is 8.44. The minimum atomic E-state index is -0.418. The molecule has 0 aliphatic rings. The lowest BCUT2D eigenvalue weighted by Crippen LogP contribution is -2.18. The molecule has 11 heteroatoms. The lowest BCUT2D eigenvalue weighted by molar-refractivity contribution is 0.101. The number of nitrogens with one attached hydrogen (secondary N) is 1. The van der Waals surface area contributed by atoms with Crippen LogP contribution in [-0.2, 0) is 0 Å². The van der Waals surface area contributed by atoms with E-state index in [1.54, 1.807) is 30.9 Å². The Morgan fingerprint density at radius 1 is 1.00 bits per heavy atom. The normalized spacial score (nSPS) is 10.9. The van der Waals surface area contributed by atoms with E-state index in [2.05, 4.69) is 40.5 Å². The number of rotatable bonds is 4. The zero-order valence-electron chi connectivity index (χ0n) is 14.7. The number of aromatic nitrogens is 8. The molecule has 0 atom stereocenters. The van der Waals surface area contributed by atoms with Crippen molar-refractivity contribution in [3.8, 4) is 17.3 Å². The first-order chi connectivity index (χ1) is 14.3. The van der Waals surface area contributed by atoms with Crippen LogP contribution in [0, 0.1) is 0 Å². The van der Waals surface area contributed by atoms with Crippen LogP contribution in [0.3, 0.4) is 0 Å². The molecule has 1 N–H and O–H groups in total. The third kappa shape index (κ3) is 3.30. The van der Waals surface area contributed by atoms with Crippen LogP contribution in [0.15, 0.2) is 60.6 Å². The summed E-state index contributed by atoms with van der Waals surface area (Å²) in [4.78, 5) is 34.0. The monoisotopic (exact) mass is 401 g/mol. The van der Waals surface area contributed by atoms with E-state index in [1.807, 2.05) is 23.6 Å². The van der Waals surface area contributed by atoms with Crippen LogP contribution in [0.5, 0.6) is 0 Å². The van der Waals surface area contributed by atoms with Crippen molar-refractivity contribution in [3.05, 3.63) is 66.3 Å². The number of hydrogen-bond acceptors (Lipinski definition) is 9. The summed E-state index contributed by atoms with van der Waals surface area (Å²) in [5.41, 5.74) is 2.34. The average molecular weight is 401 g/mol. The van der Waals surface area contributed by atoms with Gasteiger partial charge in [-0.05, 0) is 18.2 Å². The molecule has 0 spiro atoms. The molecule has 10 nitrogen and oxygen atoms in total. The molecular weight excluding hydrogens is 390 g/mol. The summed E-state index contributed by atoms with van der Waals surface area (Å²) >= 11 is 1.30. The van der Waals surface area contributed by atoms with Crippen LogP contribution in [0.2, 0.25) is 0 Å². The molecule has 5 aromatic rings. The summed E-state index contributed by atoms with van der Waals surface area (Å²) in [6.07, 6.45) is 7.89. The minimum Gasteiger partial charge on any atom is -0.296 e. The first-order valence-corrected chi connectivity index (χ1v) is 9.32. The molecule has 0 aliphatic heterocycles. The van der Waals surface area contributed by atoms with E-state index in [0.29, 0.717) is 16.5 Å². The van der Waals surface area contributed by atoms with Gasteiger partial charge in [0.15, 0.2) is 10.8 Å². The molecule has 0 radical (unpaired) electrons. The van der Waals surface area contributed by atoms with Crippen LogP contribution in [0.25, 0.3) is 28.2 Å². The second-order valence-electron chi connectivity index (χ2n) is 5.84. The maximum absolute atomic E-state index is 12.7. The summed E-state index contributed by atoms with van der Waals surface area (Å²) in [5, 5.41) is 13.7. The van der Waals surface area contributed by atoms with Crippen molar-refractivity contribution in [2.24, 2.45) is 0 Å². The van der Waals surface area contributed by atoms with E-state index in [0.717, 1.165) is 10.9 Å². The highest BCUT2D eigenvalue weighted by atomic mass is 32.1. The van der Waals surface area contributed by atoms with Crippen molar-refractivity contribution >= 4 is 33.3 Å². The molecule has 5 heterocycles. The molecule has 140 valence electrons. The lowest BCUT2D eigenvalue weighted by Gasteiger charge is -2.03. The highest BCUT2D eigenvalue weighted by Crippen LogP contribution is 2.25. The Morgan fingerprint density at radius 3 is 2.79 bits per heavy atom. The molecule has 0 saturated carbocycles. The van der Waals surface area contributed by atoms with Gasteiger partial charge in [0.05, 0.1) is 23.6 Å². The van der Waals surface area contributed by atoms with Crippen LogP contribution in [0.4, 0.5) is 5.13 Å². The number of fused-ring (bicyclic) bond motifs is 1. The van der Waals surface area contributed by atoms with Gasteiger partial charge in [-0.2, -0.15) is 4.68 Å². The van der Waals surface area contributed by atoms with E-state index in [4.69, 9.17) is 0 Å². The Morgan fingerprint density at radius 2 is 1.90 bits per heavy atom. The minimum absolute atomic E-state index is 0.197. The van der Waals surface area contributed by atoms with Gasteiger partial charge in [-0.15, -0.1) is 16.4 Å². The third-order valence-corrected chi connectivity index (χ3v) is 4.76. The second-order valence-corrected chi connectivity index (χ2v) is 6.69. The Balaban J connectivity index is 1.39. The van der Waals surface area contributed by atoms with Crippen molar-refractivity contribution < 1.29 is 4.79 Å². The summed E-state index contributed by atoms with van der Waals surface area (Å²) in [7, 11) is 0. The largest absolute Gasteiger partial charge is 0.296 e. The molecule has 0 aliphatic carbocycles. The summed E-state index contributed by atoms with van der Waals surface area (Å²) in [6.45, 7) is 0. The number of amides is 1. The summed E-state index contributed by atoms with van der Waals surface area (Å²) < 4.78 is 1.27. The zero-order valence-corrected chi connectivity index (χ0v) is 15.5. The Kier molecular flexibility index (Phi) is 4.18. The lowest BCUT2D eigenvalue weighted by atomic mass is 10.2. The van der Waals surface area contributed by atoms with Crippen molar-refractivity contribution in [1.29, 1.82) is 0 Å². The SMILES string of the molecule is O=C(Nc1nc(-c2ccc3ccncc3n2)cs1)c1cnnn1-c1ncccn1. The molecule has 0 aromatic carbocycles. The van der Waals surface area contributed by atoms with Crippen LogP contribution < -0.4 is 5.32 Å². The Labute approximate surface area is 167 Å². The van der Waals surface area contributed by atoms with Crippen molar-refractivity contribution in [1.82, 2.24) is 39.9 Å². The standard InChI is InChI=1S/C18H11N9OS/c28-16(15-9-22-26-27(15)17-20-5-1-6-21-17)25-18-24-14(10-29-18)12-3-2-11-4-7-19-8-13(11)23-12/h1-10H,(H,24,25,28). The highest BCUT2D eigenvalue weighted by molar-refractivity contribution is 7.14. The van der Waals surface area contributed by atoms with Gasteiger partial charge in [0.2, 0.25) is 0 Å². The molecule has 0 fully saturated rings. The average Bonchev–Trinajstić information content (AvgIpc) is 3.44. The van der Waals surface area contributed by atoms with Crippen LogP contribution in [0.1, 0.15) is 10.5 Å². The predicted molar refractivity (Wildman–Crippen MR) is 106 cm³/mol. The number of nitrogens with zero attached hydrogens (tertiary/aromatic N) is 8. The zero-order chi connectivity index (χ0) is 19.6. The van der Waals surface area contributed by atoms with Gasteiger partial charge in [0, 0.05) is 29.4 Å². The Bertz CT molecular complexity index is 1320. The fraction of sp³-hybridized carbons (Fsp3) is 0. The molecule has 0 unspecified atom stereocenters. The van der Waals surface area contributed by atoms with Gasteiger partial charge >= 0.3 is 0 Å². The van der Waals surface area contributed by atoms with Crippen LogP contribution in [-0.4, -0.2) is 45.8 Å². The summed E-state index contributed by atoms with van der Waals surface area (Å²) in [6, 6.07) is 7.41. The maximum atomic E-state index is 12.7. The quantitative estimate of drug-likeness (QED) is 0.487. The van der Waals surface area contributed by atoms with Gasteiger partial charge in [-0.25, -0.2) is 19.9 Å². The molecular formula is C18H11N9OS. The number of anilines is 1. The molecule has 29 heavy (non-hydrogen) atoms. The van der Waals surface area contributed by atoms with Gasteiger partial charge < -0.3 is 0 Å². The van der Waals surface area contributed by atoms with E-state index in [1.165, 1.54) is 22.2 Å². The van der Waals surface area contributed by atoms with E-state index in [9.17, 15) is 4.79 Å². The molecule has 5 aromatic heterocycles. The fourth-order valence-electron chi connectivity index (χ4n) is 2.66. The summed E-state index contributed by atoms with van der Waals surface area (Å²) in [5.74, 6) is -0.164. The predicted octanol–water partition coefficient (Wildman–Crippen LogP) is 2.38. The highest BCUT2D eigenvalue weighted by Gasteiger charge is 2.18. The molecule has 0 bridgehead atoms. The Hall–Kier alpha value is -4.12. The first kappa shape index (κ1) is 17.0. The number of carbonyl (C=O) groups is 1. The van der Waals surface area contributed by atoms with Gasteiger partial charge in [0.25, 0.3) is 11.9 Å². The fourth-order valence-corrected chi connectivity index (χ4v) is 3.36. The van der Waals surface area contributed by atoms with Crippen LogP contribution >= 0.6 is 11.3 Å². The second kappa shape index (κ2) is 7.13. The topological polar surface area (TPSA) is 124 Å². The van der Waals surface area contributed by atoms with Gasteiger partial charge in [-0.3, -0.25) is 15.1 Å². The van der Waals surface area contributed by atoms with Crippen molar-refractivity contribution in [3.63, 3.8) is 0 Å². The number of hydrogen-bond donors (Lipinski definition) is 1. The van der Waals surface area contributed by atoms with Crippen molar-refractivity contribution in [2.75, 3.05) is 5.32 Å². The number of thiazole rings is 1. The van der Waals surface area contributed by atoms with Gasteiger partial charge in [-0.1, -0.05) is 11.3 Å².